The molecule has 98 valence electrons. The number of rotatable bonds is 7. The van der Waals surface area contributed by atoms with Crippen molar-refractivity contribution in [3.63, 3.8) is 0 Å². The molecule has 0 aromatic rings. The molecule has 0 radical (unpaired) electrons. The number of hydrogen-bond acceptors (Lipinski definition) is 5. The molecule has 2 N–H and O–H groups in total. The molecule has 0 heterocycles. The Morgan fingerprint density at radius 2 is 2.00 bits per heavy atom. The molecule has 17 heavy (non-hydrogen) atoms. The van der Waals surface area contributed by atoms with Crippen LogP contribution in [0.25, 0.3) is 0 Å². The van der Waals surface area contributed by atoms with Crippen molar-refractivity contribution >= 4 is 29.5 Å². The van der Waals surface area contributed by atoms with Crippen LogP contribution in [0.4, 0.5) is 0 Å². The summed E-state index contributed by atoms with van der Waals surface area (Å²) in [5.41, 5.74) is 0. The molecule has 0 aliphatic rings. The number of amides is 2. The largest absolute Gasteiger partial charge is 0.468 e. The summed E-state index contributed by atoms with van der Waals surface area (Å²) in [6.45, 7) is 1.16. The van der Waals surface area contributed by atoms with E-state index < -0.39 is 12.0 Å². The Morgan fingerprint density at radius 3 is 2.47 bits per heavy atom. The first-order chi connectivity index (χ1) is 8.01. The molecule has 7 heteroatoms. The van der Waals surface area contributed by atoms with Gasteiger partial charge in [0.2, 0.25) is 11.8 Å². The van der Waals surface area contributed by atoms with E-state index in [2.05, 4.69) is 15.4 Å². The van der Waals surface area contributed by atoms with Gasteiger partial charge in [-0.1, -0.05) is 0 Å². The van der Waals surface area contributed by atoms with Crippen molar-refractivity contribution in [1.29, 1.82) is 0 Å². The molecule has 0 rings (SSSR count). The molecule has 6 nitrogen and oxygen atoms in total. The van der Waals surface area contributed by atoms with E-state index in [1.54, 1.807) is 11.8 Å². The minimum atomic E-state index is -0.607. The predicted octanol–water partition coefficient (Wildman–Crippen LogP) is -0.467. The maximum Gasteiger partial charge on any atom is 0.325 e. The lowest BCUT2D eigenvalue weighted by atomic mass is 10.2. The van der Waals surface area contributed by atoms with Crippen LogP contribution >= 0.6 is 11.8 Å². The van der Waals surface area contributed by atoms with Crippen LogP contribution in [0.3, 0.4) is 0 Å². The molecule has 2 amide bonds. The van der Waals surface area contributed by atoms with E-state index in [1.807, 2.05) is 6.26 Å². The van der Waals surface area contributed by atoms with Gasteiger partial charge in [-0.25, -0.2) is 0 Å². The minimum Gasteiger partial charge on any atom is -0.468 e. The molecule has 0 aromatic heterocycles. The van der Waals surface area contributed by atoms with E-state index in [4.69, 9.17) is 0 Å². The molecule has 0 saturated carbocycles. The van der Waals surface area contributed by atoms with Gasteiger partial charge in [-0.2, -0.15) is 11.8 Å². The average Bonchev–Trinajstić information content (AvgIpc) is 2.30. The monoisotopic (exact) mass is 262 g/mol. The van der Waals surface area contributed by atoms with Crippen molar-refractivity contribution in [2.24, 2.45) is 0 Å². The normalized spacial score (nSPS) is 11.5. The molecular weight excluding hydrogens is 244 g/mol. The molecular formula is C10H18N2O4S. The first-order valence-corrected chi connectivity index (χ1v) is 6.51. The zero-order valence-corrected chi connectivity index (χ0v) is 11.1. The van der Waals surface area contributed by atoms with Gasteiger partial charge in [0.15, 0.2) is 0 Å². The first kappa shape index (κ1) is 15.8. The topological polar surface area (TPSA) is 84.5 Å². The molecule has 1 atom stereocenters. The van der Waals surface area contributed by atoms with Crippen molar-refractivity contribution in [2.75, 3.05) is 25.7 Å². The van der Waals surface area contributed by atoms with E-state index in [1.165, 1.54) is 14.0 Å². The van der Waals surface area contributed by atoms with Crippen molar-refractivity contribution in [3.05, 3.63) is 0 Å². The Labute approximate surface area is 105 Å². The lowest BCUT2D eigenvalue weighted by Crippen LogP contribution is -2.47. The van der Waals surface area contributed by atoms with Gasteiger partial charge in [0, 0.05) is 6.92 Å². The third-order valence-corrected chi connectivity index (χ3v) is 2.58. The van der Waals surface area contributed by atoms with Gasteiger partial charge < -0.3 is 15.4 Å². The van der Waals surface area contributed by atoms with Gasteiger partial charge in [-0.05, 0) is 18.4 Å². The second-order valence-corrected chi connectivity index (χ2v) is 4.31. The van der Waals surface area contributed by atoms with Crippen molar-refractivity contribution in [3.8, 4) is 0 Å². The standard InChI is InChI=1S/C10H18N2O4S/c1-7(13)12-8(4-5-17-3)10(15)11-6-9(14)16-2/h8H,4-6H2,1-3H3,(H,11,15)(H,12,13)/t8-/m0/s1. The van der Waals surface area contributed by atoms with Crippen LogP contribution in [0.5, 0.6) is 0 Å². The van der Waals surface area contributed by atoms with Crippen molar-refractivity contribution in [2.45, 2.75) is 19.4 Å². The Bertz CT molecular complexity index is 283. The molecule has 0 saturated heterocycles. The fraction of sp³-hybridized carbons (Fsp3) is 0.700. The van der Waals surface area contributed by atoms with Crippen molar-refractivity contribution < 1.29 is 19.1 Å². The minimum absolute atomic E-state index is 0.190. The zero-order valence-electron chi connectivity index (χ0n) is 10.2. The number of esters is 1. The van der Waals surface area contributed by atoms with Crippen LogP contribution in [0, 0.1) is 0 Å². The molecule has 0 aromatic carbocycles. The van der Waals surface area contributed by atoms with E-state index in [9.17, 15) is 14.4 Å². The van der Waals surface area contributed by atoms with Gasteiger partial charge in [-0.3, -0.25) is 14.4 Å². The molecule has 0 aliphatic heterocycles. The van der Waals surface area contributed by atoms with Gasteiger partial charge in [0.1, 0.15) is 12.6 Å². The Kier molecular flexibility index (Phi) is 8.21. The molecule has 0 spiro atoms. The summed E-state index contributed by atoms with van der Waals surface area (Å²) in [7, 11) is 1.24. The Hall–Kier alpha value is -1.24. The number of ether oxygens (including phenoxy) is 1. The maximum absolute atomic E-state index is 11.7. The summed E-state index contributed by atoms with van der Waals surface area (Å²) < 4.78 is 4.40. The van der Waals surface area contributed by atoms with Crippen LogP contribution in [0.1, 0.15) is 13.3 Å². The lowest BCUT2D eigenvalue weighted by molar-refractivity contribution is -0.141. The van der Waals surface area contributed by atoms with Crippen LogP contribution in [-0.4, -0.2) is 49.5 Å². The highest BCUT2D eigenvalue weighted by atomic mass is 32.2. The Morgan fingerprint density at radius 1 is 1.35 bits per heavy atom. The molecule has 0 fully saturated rings. The maximum atomic E-state index is 11.7. The predicted molar refractivity (Wildman–Crippen MR) is 65.6 cm³/mol. The number of hydrogen-bond donors (Lipinski definition) is 2. The van der Waals surface area contributed by atoms with E-state index in [0.29, 0.717) is 6.42 Å². The highest BCUT2D eigenvalue weighted by Crippen LogP contribution is 2.01. The number of carbonyl (C=O) groups excluding carboxylic acids is 3. The Balaban J connectivity index is 4.20. The van der Waals surface area contributed by atoms with Crippen LogP contribution in [-0.2, 0) is 19.1 Å². The molecule has 0 bridgehead atoms. The van der Waals surface area contributed by atoms with Crippen LogP contribution < -0.4 is 10.6 Å². The third kappa shape index (κ3) is 7.62. The van der Waals surface area contributed by atoms with E-state index in [0.717, 1.165) is 5.75 Å². The highest BCUT2D eigenvalue weighted by molar-refractivity contribution is 7.98. The van der Waals surface area contributed by atoms with Gasteiger partial charge in [0.25, 0.3) is 0 Å². The second kappa shape index (κ2) is 8.86. The van der Waals surface area contributed by atoms with Gasteiger partial charge >= 0.3 is 5.97 Å². The van der Waals surface area contributed by atoms with Gasteiger partial charge in [0.05, 0.1) is 7.11 Å². The molecule has 0 aliphatic carbocycles. The average molecular weight is 262 g/mol. The fourth-order valence-corrected chi connectivity index (χ4v) is 1.58. The van der Waals surface area contributed by atoms with Gasteiger partial charge in [-0.15, -0.1) is 0 Å². The smallest absolute Gasteiger partial charge is 0.325 e. The zero-order chi connectivity index (χ0) is 13.3. The quantitative estimate of drug-likeness (QED) is 0.606. The van der Waals surface area contributed by atoms with Crippen LogP contribution in [0.15, 0.2) is 0 Å². The fourth-order valence-electron chi connectivity index (χ4n) is 1.10. The number of nitrogens with one attached hydrogen (secondary N) is 2. The first-order valence-electron chi connectivity index (χ1n) is 5.11. The lowest BCUT2D eigenvalue weighted by Gasteiger charge is -2.16. The van der Waals surface area contributed by atoms with Crippen LogP contribution in [0.2, 0.25) is 0 Å². The van der Waals surface area contributed by atoms with E-state index >= 15 is 0 Å². The summed E-state index contributed by atoms with van der Waals surface area (Å²) in [5, 5.41) is 4.95. The summed E-state index contributed by atoms with van der Waals surface area (Å²) in [6.07, 6.45) is 2.44. The summed E-state index contributed by atoms with van der Waals surface area (Å²) >= 11 is 1.58. The summed E-state index contributed by atoms with van der Waals surface area (Å²) in [4.78, 5) is 33.4. The van der Waals surface area contributed by atoms with E-state index in [-0.39, 0.29) is 18.4 Å². The number of thioether (sulfide) groups is 1. The number of carbonyl (C=O) groups is 3. The third-order valence-electron chi connectivity index (χ3n) is 1.94. The van der Waals surface area contributed by atoms with Crippen molar-refractivity contribution in [1.82, 2.24) is 10.6 Å². The number of methoxy groups -OCH3 is 1. The molecule has 0 unspecified atom stereocenters. The summed E-state index contributed by atoms with van der Waals surface area (Å²) in [6, 6.07) is -0.607. The summed E-state index contributed by atoms with van der Waals surface area (Å²) in [5.74, 6) is -0.426. The second-order valence-electron chi connectivity index (χ2n) is 3.33. The highest BCUT2D eigenvalue weighted by Gasteiger charge is 2.19. The SMILES string of the molecule is COC(=O)CNC(=O)[C@H](CCSC)NC(C)=O.